The molecule has 1 N–H and O–H groups in total. The fourth-order valence-electron chi connectivity index (χ4n) is 1.61. The normalized spacial score (nSPS) is 15.1. The van der Waals surface area contributed by atoms with Crippen LogP contribution in [0.5, 0.6) is 5.75 Å². The molecule has 1 saturated carbocycles. The number of hydrogen-bond donors (Lipinski definition) is 1. The molecule has 1 aliphatic carbocycles. The molecule has 0 unspecified atom stereocenters. The minimum absolute atomic E-state index is 0.769. The minimum Gasteiger partial charge on any atom is -0.492 e. The Balaban J connectivity index is 1.77. The molecule has 1 heterocycles. The van der Waals surface area contributed by atoms with Crippen LogP contribution in [0.1, 0.15) is 31.7 Å². The van der Waals surface area contributed by atoms with Gasteiger partial charge in [-0.25, -0.2) is 0 Å². The Morgan fingerprint density at radius 3 is 3.06 bits per heavy atom. The molecule has 0 aromatic carbocycles. The summed E-state index contributed by atoms with van der Waals surface area (Å²) in [5.74, 6) is 0.894. The molecule has 0 spiro atoms. The number of nitrogens with one attached hydrogen (secondary N) is 1. The highest BCUT2D eigenvalue weighted by atomic mass is 16.5. The Morgan fingerprint density at radius 2 is 2.31 bits per heavy atom. The Hall–Kier alpha value is -1.09. The van der Waals surface area contributed by atoms with Gasteiger partial charge in [-0.05, 0) is 43.9 Å². The molecule has 0 amide bonds. The smallest absolute Gasteiger partial charge is 0.137 e. The standard InChI is InChI=1S/C13H20N2O/c1-2-7-16-13-8-11(9-14-10-13)5-6-15-12-3-4-12/h8-10,12,15H,2-7H2,1H3. The van der Waals surface area contributed by atoms with Crippen molar-refractivity contribution < 1.29 is 4.74 Å². The van der Waals surface area contributed by atoms with Crippen LogP contribution in [-0.2, 0) is 6.42 Å². The average molecular weight is 220 g/mol. The van der Waals surface area contributed by atoms with Crippen LogP contribution in [0.2, 0.25) is 0 Å². The number of hydrogen-bond acceptors (Lipinski definition) is 3. The number of ether oxygens (including phenoxy) is 1. The Kier molecular flexibility index (Phi) is 4.17. The van der Waals surface area contributed by atoms with Crippen molar-refractivity contribution in [3.8, 4) is 5.75 Å². The van der Waals surface area contributed by atoms with Crippen LogP contribution in [0.15, 0.2) is 18.5 Å². The minimum atomic E-state index is 0.769. The van der Waals surface area contributed by atoms with Crippen LogP contribution in [0.3, 0.4) is 0 Å². The van der Waals surface area contributed by atoms with Gasteiger partial charge >= 0.3 is 0 Å². The Morgan fingerprint density at radius 1 is 1.44 bits per heavy atom. The first-order valence-electron chi connectivity index (χ1n) is 6.18. The molecule has 0 saturated heterocycles. The molecule has 3 nitrogen and oxygen atoms in total. The van der Waals surface area contributed by atoms with E-state index >= 15 is 0 Å². The Labute approximate surface area is 97.2 Å². The first-order chi connectivity index (χ1) is 7.88. The van der Waals surface area contributed by atoms with E-state index in [-0.39, 0.29) is 0 Å². The molecule has 0 radical (unpaired) electrons. The van der Waals surface area contributed by atoms with Gasteiger partial charge in [0.2, 0.25) is 0 Å². The summed E-state index contributed by atoms with van der Waals surface area (Å²) in [5, 5.41) is 3.50. The quantitative estimate of drug-likeness (QED) is 0.764. The number of pyridine rings is 1. The van der Waals surface area contributed by atoms with Gasteiger partial charge in [0, 0.05) is 12.2 Å². The van der Waals surface area contributed by atoms with Crippen molar-refractivity contribution in [3.63, 3.8) is 0 Å². The highest BCUT2D eigenvalue weighted by Crippen LogP contribution is 2.18. The van der Waals surface area contributed by atoms with Crippen LogP contribution < -0.4 is 10.1 Å². The van der Waals surface area contributed by atoms with E-state index in [1.165, 1.54) is 18.4 Å². The summed E-state index contributed by atoms with van der Waals surface area (Å²) in [6, 6.07) is 2.88. The largest absolute Gasteiger partial charge is 0.492 e. The van der Waals surface area contributed by atoms with Crippen molar-refractivity contribution in [1.82, 2.24) is 10.3 Å². The van der Waals surface area contributed by atoms with E-state index in [4.69, 9.17) is 4.74 Å². The molecule has 3 heteroatoms. The van der Waals surface area contributed by atoms with E-state index in [1.54, 1.807) is 6.20 Å². The molecule has 88 valence electrons. The molecule has 1 aromatic heterocycles. The molecule has 1 aromatic rings. The summed E-state index contributed by atoms with van der Waals surface area (Å²) >= 11 is 0. The Bertz CT molecular complexity index is 323. The van der Waals surface area contributed by atoms with Crippen LogP contribution >= 0.6 is 0 Å². The second kappa shape index (κ2) is 5.85. The van der Waals surface area contributed by atoms with Crippen LogP contribution in [-0.4, -0.2) is 24.2 Å². The molecule has 0 atom stereocenters. The van der Waals surface area contributed by atoms with Gasteiger partial charge in [-0.1, -0.05) is 6.92 Å². The summed E-state index contributed by atoms with van der Waals surface area (Å²) in [5.41, 5.74) is 1.25. The monoisotopic (exact) mass is 220 g/mol. The van der Waals surface area contributed by atoms with Gasteiger partial charge in [-0.3, -0.25) is 4.98 Å². The number of rotatable bonds is 7. The second-order valence-corrected chi connectivity index (χ2v) is 4.36. The highest BCUT2D eigenvalue weighted by molar-refractivity contribution is 5.23. The maximum absolute atomic E-state index is 5.55. The zero-order chi connectivity index (χ0) is 11.2. The topological polar surface area (TPSA) is 34.1 Å². The van der Waals surface area contributed by atoms with Gasteiger partial charge in [0.05, 0.1) is 12.8 Å². The van der Waals surface area contributed by atoms with E-state index in [0.29, 0.717) is 0 Å². The third kappa shape index (κ3) is 3.81. The second-order valence-electron chi connectivity index (χ2n) is 4.36. The van der Waals surface area contributed by atoms with Crippen molar-refractivity contribution >= 4 is 0 Å². The predicted molar refractivity (Wildman–Crippen MR) is 64.8 cm³/mol. The third-order valence-corrected chi connectivity index (χ3v) is 2.67. The summed E-state index contributed by atoms with van der Waals surface area (Å²) in [6.07, 6.45) is 8.47. The van der Waals surface area contributed by atoms with Gasteiger partial charge in [0.15, 0.2) is 0 Å². The van der Waals surface area contributed by atoms with Gasteiger partial charge in [0.1, 0.15) is 5.75 Å². The molecule has 16 heavy (non-hydrogen) atoms. The molecule has 1 aliphatic rings. The summed E-state index contributed by atoms with van der Waals surface area (Å²) in [4.78, 5) is 4.20. The number of aromatic nitrogens is 1. The molecular weight excluding hydrogens is 200 g/mol. The predicted octanol–water partition coefficient (Wildman–Crippen LogP) is 2.16. The van der Waals surface area contributed by atoms with Crippen LogP contribution in [0.25, 0.3) is 0 Å². The van der Waals surface area contributed by atoms with E-state index in [2.05, 4.69) is 23.3 Å². The molecule has 1 fully saturated rings. The molecule has 2 rings (SSSR count). The fourth-order valence-corrected chi connectivity index (χ4v) is 1.61. The van der Waals surface area contributed by atoms with Crippen molar-refractivity contribution in [2.45, 2.75) is 38.6 Å². The SMILES string of the molecule is CCCOc1cncc(CCNC2CC2)c1. The van der Waals surface area contributed by atoms with Crippen LogP contribution in [0, 0.1) is 0 Å². The summed E-state index contributed by atoms with van der Waals surface area (Å²) < 4.78 is 5.55. The van der Waals surface area contributed by atoms with E-state index < -0.39 is 0 Å². The molecule has 0 bridgehead atoms. The summed E-state index contributed by atoms with van der Waals surface area (Å²) in [7, 11) is 0. The highest BCUT2D eigenvalue weighted by Gasteiger charge is 2.19. The lowest BCUT2D eigenvalue weighted by molar-refractivity contribution is 0.316. The molecule has 0 aliphatic heterocycles. The average Bonchev–Trinajstić information content (AvgIpc) is 3.11. The van der Waals surface area contributed by atoms with E-state index in [1.807, 2.05) is 6.20 Å². The third-order valence-electron chi connectivity index (χ3n) is 2.67. The van der Waals surface area contributed by atoms with Gasteiger partial charge in [-0.2, -0.15) is 0 Å². The van der Waals surface area contributed by atoms with Crippen molar-refractivity contribution in [2.75, 3.05) is 13.2 Å². The summed E-state index contributed by atoms with van der Waals surface area (Å²) in [6.45, 7) is 3.92. The maximum Gasteiger partial charge on any atom is 0.137 e. The fraction of sp³-hybridized carbons (Fsp3) is 0.615. The van der Waals surface area contributed by atoms with Gasteiger partial charge in [0.25, 0.3) is 0 Å². The van der Waals surface area contributed by atoms with Crippen molar-refractivity contribution in [2.24, 2.45) is 0 Å². The van der Waals surface area contributed by atoms with Crippen molar-refractivity contribution in [1.29, 1.82) is 0 Å². The maximum atomic E-state index is 5.55. The van der Waals surface area contributed by atoms with Crippen LogP contribution in [0.4, 0.5) is 0 Å². The van der Waals surface area contributed by atoms with Crippen molar-refractivity contribution in [3.05, 3.63) is 24.0 Å². The zero-order valence-electron chi connectivity index (χ0n) is 9.91. The van der Waals surface area contributed by atoms with E-state index in [0.717, 1.165) is 37.8 Å². The molecular formula is C13H20N2O. The lowest BCUT2D eigenvalue weighted by atomic mass is 10.2. The lowest BCUT2D eigenvalue weighted by Crippen LogP contribution is -2.19. The first-order valence-corrected chi connectivity index (χ1v) is 6.18. The zero-order valence-corrected chi connectivity index (χ0v) is 9.91. The van der Waals surface area contributed by atoms with Gasteiger partial charge < -0.3 is 10.1 Å². The van der Waals surface area contributed by atoms with E-state index in [9.17, 15) is 0 Å². The first kappa shape index (κ1) is 11.4. The lowest BCUT2D eigenvalue weighted by Gasteiger charge is -2.06. The van der Waals surface area contributed by atoms with Gasteiger partial charge in [-0.15, -0.1) is 0 Å². The number of nitrogens with zero attached hydrogens (tertiary/aromatic N) is 1.